The lowest BCUT2D eigenvalue weighted by Gasteiger charge is -2.25. The van der Waals surface area contributed by atoms with Crippen molar-refractivity contribution in [2.24, 2.45) is 0 Å². The van der Waals surface area contributed by atoms with E-state index >= 15 is 0 Å². The molecule has 1 aromatic rings. The quantitative estimate of drug-likeness (QED) is 0.772. The van der Waals surface area contributed by atoms with E-state index in [1.807, 2.05) is 0 Å². The number of aryl methyl sites for hydroxylation is 1. The maximum Gasteiger partial charge on any atom is 0.324 e. The molecule has 1 aliphatic rings. The Labute approximate surface area is 91.8 Å². The molecule has 0 radical (unpaired) electrons. The molecule has 0 bridgehead atoms. The van der Waals surface area contributed by atoms with Gasteiger partial charge in [-0.1, -0.05) is 5.16 Å². The number of carbonyl (C=O) groups excluding carboxylic acids is 2. The molecule has 1 fully saturated rings. The van der Waals surface area contributed by atoms with Crippen LogP contribution in [0.3, 0.4) is 0 Å². The molecule has 1 saturated heterocycles. The zero-order chi connectivity index (χ0) is 11.5. The van der Waals surface area contributed by atoms with Crippen molar-refractivity contribution < 1.29 is 14.1 Å². The summed E-state index contributed by atoms with van der Waals surface area (Å²) in [6, 6.07) is -0.350. The van der Waals surface area contributed by atoms with E-state index in [1.165, 1.54) is 0 Å². The number of amides is 3. The fourth-order valence-corrected chi connectivity index (χ4v) is 1.49. The van der Waals surface area contributed by atoms with E-state index in [9.17, 15) is 9.59 Å². The predicted octanol–water partition coefficient (Wildman–Crippen LogP) is -0.138. The first-order valence-electron chi connectivity index (χ1n) is 5.03. The summed E-state index contributed by atoms with van der Waals surface area (Å²) in [5, 5.41) is 5.98. The number of rotatable bonds is 3. The van der Waals surface area contributed by atoms with Crippen LogP contribution >= 0.6 is 0 Å². The molecule has 7 nitrogen and oxygen atoms in total. The van der Waals surface area contributed by atoms with Gasteiger partial charge < -0.3 is 9.42 Å². The van der Waals surface area contributed by atoms with Crippen LogP contribution in [-0.2, 0) is 11.2 Å². The highest BCUT2D eigenvalue weighted by Gasteiger charge is 2.22. The Hall–Kier alpha value is -1.92. The highest BCUT2D eigenvalue weighted by atomic mass is 16.5. The van der Waals surface area contributed by atoms with Crippen LogP contribution in [0.4, 0.5) is 4.79 Å². The van der Waals surface area contributed by atoms with Crippen LogP contribution in [0.15, 0.2) is 4.52 Å². The van der Waals surface area contributed by atoms with Crippen LogP contribution in [0.25, 0.3) is 0 Å². The van der Waals surface area contributed by atoms with E-state index in [4.69, 9.17) is 4.52 Å². The van der Waals surface area contributed by atoms with Crippen LogP contribution in [0.2, 0.25) is 0 Å². The Morgan fingerprint density at radius 2 is 2.31 bits per heavy atom. The molecule has 0 saturated carbocycles. The fourth-order valence-electron chi connectivity index (χ4n) is 1.49. The Morgan fingerprint density at radius 3 is 2.94 bits per heavy atom. The summed E-state index contributed by atoms with van der Waals surface area (Å²) in [6.07, 6.45) is 0.871. The van der Waals surface area contributed by atoms with E-state index in [2.05, 4.69) is 15.5 Å². The van der Waals surface area contributed by atoms with Gasteiger partial charge in [0.1, 0.15) is 0 Å². The topological polar surface area (TPSA) is 88.3 Å². The molecule has 1 N–H and O–H groups in total. The number of hydrogen-bond donors (Lipinski definition) is 1. The fraction of sp³-hybridized carbons (Fsp3) is 0.556. The van der Waals surface area contributed by atoms with Crippen molar-refractivity contribution in [3.05, 3.63) is 11.7 Å². The summed E-state index contributed by atoms with van der Waals surface area (Å²) in [6.45, 7) is 2.64. The lowest BCUT2D eigenvalue weighted by atomic mass is 10.3. The van der Waals surface area contributed by atoms with Crippen LogP contribution in [0, 0.1) is 6.92 Å². The summed E-state index contributed by atoms with van der Waals surface area (Å²) < 4.78 is 4.81. The van der Waals surface area contributed by atoms with Gasteiger partial charge in [-0.05, 0) is 0 Å². The molecule has 86 valence electrons. The normalized spacial score (nSPS) is 16.4. The number of urea groups is 1. The van der Waals surface area contributed by atoms with Gasteiger partial charge in [0.05, 0.1) is 0 Å². The van der Waals surface area contributed by atoms with Crippen molar-refractivity contribution in [1.82, 2.24) is 20.4 Å². The molecule has 1 aliphatic heterocycles. The summed E-state index contributed by atoms with van der Waals surface area (Å²) in [4.78, 5) is 27.9. The Kier molecular flexibility index (Phi) is 2.84. The van der Waals surface area contributed by atoms with Crippen LogP contribution in [0.5, 0.6) is 0 Å². The van der Waals surface area contributed by atoms with Crippen LogP contribution in [0.1, 0.15) is 18.1 Å². The zero-order valence-corrected chi connectivity index (χ0v) is 8.89. The standard InChI is InChI=1S/C9H12N4O3/c1-6-10-7(12-16-6)2-4-13-5-3-8(14)11-9(13)15/h2-5H2,1H3,(H,11,14,15). The first-order valence-corrected chi connectivity index (χ1v) is 5.03. The summed E-state index contributed by atoms with van der Waals surface area (Å²) in [5.41, 5.74) is 0. The smallest absolute Gasteiger partial charge is 0.324 e. The van der Waals surface area contributed by atoms with Crippen LogP contribution < -0.4 is 5.32 Å². The highest BCUT2D eigenvalue weighted by Crippen LogP contribution is 2.03. The molecular weight excluding hydrogens is 212 g/mol. The van der Waals surface area contributed by atoms with Gasteiger partial charge in [-0.3, -0.25) is 10.1 Å². The molecule has 1 aromatic heterocycles. The third-order valence-corrected chi connectivity index (χ3v) is 2.32. The lowest BCUT2D eigenvalue weighted by molar-refractivity contribution is -0.121. The van der Waals surface area contributed by atoms with E-state index in [-0.39, 0.29) is 11.9 Å². The Morgan fingerprint density at radius 1 is 1.50 bits per heavy atom. The molecule has 0 atom stereocenters. The molecule has 0 aliphatic carbocycles. The van der Waals surface area contributed by atoms with E-state index < -0.39 is 0 Å². The second-order valence-electron chi connectivity index (χ2n) is 3.57. The van der Waals surface area contributed by atoms with Gasteiger partial charge in [0.15, 0.2) is 5.82 Å². The minimum absolute atomic E-state index is 0.225. The zero-order valence-electron chi connectivity index (χ0n) is 8.89. The summed E-state index contributed by atoms with van der Waals surface area (Å²) in [7, 11) is 0. The van der Waals surface area contributed by atoms with Gasteiger partial charge in [-0.2, -0.15) is 4.98 Å². The maximum absolute atomic E-state index is 11.4. The predicted molar refractivity (Wildman–Crippen MR) is 52.5 cm³/mol. The molecule has 0 spiro atoms. The van der Waals surface area contributed by atoms with Crippen molar-refractivity contribution in [3.8, 4) is 0 Å². The number of imide groups is 1. The largest absolute Gasteiger partial charge is 0.340 e. The molecular formula is C9H12N4O3. The molecule has 7 heteroatoms. The number of nitrogens with one attached hydrogen (secondary N) is 1. The van der Waals surface area contributed by atoms with Crippen molar-refractivity contribution in [2.45, 2.75) is 19.8 Å². The van der Waals surface area contributed by atoms with E-state index in [0.29, 0.717) is 37.6 Å². The van der Waals surface area contributed by atoms with Gasteiger partial charge in [0, 0.05) is 32.9 Å². The number of aromatic nitrogens is 2. The monoisotopic (exact) mass is 224 g/mol. The number of hydrogen-bond acceptors (Lipinski definition) is 5. The second-order valence-corrected chi connectivity index (χ2v) is 3.57. The third-order valence-electron chi connectivity index (χ3n) is 2.32. The summed E-state index contributed by atoms with van der Waals surface area (Å²) in [5.74, 6) is 0.854. The van der Waals surface area contributed by atoms with Gasteiger partial charge in [-0.15, -0.1) is 0 Å². The van der Waals surface area contributed by atoms with Crippen molar-refractivity contribution in [1.29, 1.82) is 0 Å². The first-order chi connectivity index (χ1) is 7.65. The minimum Gasteiger partial charge on any atom is -0.340 e. The van der Waals surface area contributed by atoms with Gasteiger partial charge in [0.2, 0.25) is 11.8 Å². The van der Waals surface area contributed by atoms with Crippen molar-refractivity contribution >= 4 is 11.9 Å². The molecule has 3 amide bonds. The Bertz CT molecular complexity index is 415. The third kappa shape index (κ3) is 2.36. The lowest BCUT2D eigenvalue weighted by Crippen LogP contribution is -2.50. The second kappa shape index (κ2) is 4.30. The summed E-state index contributed by atoms with van der Waals surface area (Å²) >= 11 is 0. The molecule has 16 heavy (non-hydrogen) atoms. The van der Waals surface area contributed by atoms with Crippen LogP contribution in [-0.4, -0.2) is 40.1 Å². The van der Waals surface area contributed by atoms with Gasteiger partial charge >= 0.3 is 6.03 Å². The van der Waals surface area contributed by atoms with E-state index in [1.54, 1.807) is 11.8 Å². The van der Waals surface area contributed by atoms with Gasteiger partial charge in [0.25, 0.3) is 0 Å². The molecule has 0 unspecified atom stereocenters. The minimum atomic E-state index is -0.350. The average molecular weight is 224 g/mol. The SMILES string of the molecule is Cc1nc(CCN2CCC(=O)NC2=O)no1. The van der Waals surface area contributed by atoms with E-state index in [0.717, 1.165) is 0 Å². The first kappa shape index (κ1) is 10.6. The van der Waals surface area contributed by atoms with Crippen molar-refractivity contribution in [3.63, 3.8) is 0 Å². The molecule has 0 aromatic carbocycles. The molecule has 2 rings (SSSR count). The maximum atomic E-state index is 11.4. The number of carbonyl (C=O) groups is 2. The molecule has 2 heterocycles. The highest BCUT2D eigenvalue weighted by molar-refractivity contribution is 5.96. The Balaban J connectivity index is 1.86. The average Bonchev–Trinajstić information content (AvgIpc) is 2.63. The van der Waals surface area contributed by atoms with Gasteiger partial charge in [-0.25, -0.2) is 4.79 Å². The number of nitrogens with zero attached hydrogens (tertiary/aromatic N) is 3. The van der Waals surface area contributed by atoms with Crippen molar-refractivity contribution in [2.75, 3.05) is 13.1 Å².